The molecule has 39 heavy (non-hydrogen) atoms. The van der Waals surface area contributed by atoms with Gasteiger partial charge in [-0.25, -0.2) is 8.78 Å². The van der Waals surface area contributed by atoms with Crippen molar-refractivity contribution in [1.29, 1.82) is 0 Å². The van der Waals surface area contributed by atoms with Crippen molar-refractivity contribution in [2.75, 3.05) is 62.9 Å². The van der Waals surface area contributed by atoms with Gasteiger partial charge in [-0.1, -0.05) is 6.92 Å². The molecule has 2 aromatic rings. The zero-order valence-electron chi connectivity index (χ0n) is 22.2. The highest BCUT2D eigenvalue weighted by Gasteiger charge is 2.31. The van der Waals surface area contributed by atoms with Gasteiger partial charge >= 0.3 is 0 Å². The number of nitrogens with one attached hydrogen (secondary N) is 1. The van der Waals surface area contributed by atoms with E-state index in [1.165, 1.54) is 31.5 Å². The first-order valence-electron chi connectivity index (χ1n) is 12.8. The maximum absolute atomic E-state index is 14.9. The van der Waals surface area contributed by atoms with E-state index in [2.05, 4.69) is 22.0 Å². The molecule has 11 heteroatoms. The molecule has 2 aromatic carbocycles. The van der Waals surface area contributed by atoms with Gasteiger partial charge in [-0.3, -0.25) is 0 Å². The summed E-state index contributed by atoms with van der Waals surface area (Å²) in [7, 11) is 2.50. The molecule has 1 fully saturated rings. The molecule has 208 valence electrons. The summed E-state index contributed by atoms with van der Waals surface area (Å²) in [6.45, 7) is 7.20. The predicted molar refractivity (Wildman–Crippen MR) is 145 cm³/mol. The number of nitrogens with zero attached hydrogens (tertiary/aromatic N) is 3. The molecule has 2 unspecified atom stereocenters. The first-order valence-corrected chi connectivity index (χ1v) is 12.8. The standard InChI is InChI=1S/C28H33F2N5O4/c1-4-33-9-11-34(12-10-33)18-5-6-20(19(31)14-18)32-24-13-17-7-8-35(16-23(17)39-24)28(36)25-26(29)21(37-2)15-22(38-3)27(25)30/h5-8,13-16,24,28,32,36H,4,9-12,31H2,1-3H3. The fraction of sp³-hybridized carbons (Fsp3) is 0.357. The molecular formula is C28H33F2N5O4. The van der Waals surface area contributed by atoms with Crippen molar-refractivity contribution in [3.8, 4) is 11.5 Å². The Morgan fingerprint density at radius 1 is 1.10 bits per heavy atom. The Hall–Kier alpha value is -3.96. The molecule has 3 aliphatic rings. The summed E-state index contributed by atoms with van der Waals surface area (Å²) in [4.78, 5) is 5.99. The van der Waals surface area contributed by atoms with Gasteiger partial charge < -0.3 is 45.1 Å². The minimum absolute atomic E-state index is 0.246. The second kappa shape index (κ2) is 11.0. The van der Waals surface area contributed by atoms with E-state index in [0.717, 1.165) is 55.7 Å². The fourth-order valence-electron chi connectivity index (χ4n) is 4.93. The van der Waals surface area contributed by atoms with Crippen molar-refractivity contribution >= 4 is 17.1 Å². The molecule has 9 nitrogen and oxygen atoms in total. The molecule has 1 saturated heterocycles. The zero-order chi connectivity index (χ0) is 27.7. The van der Waals surface area contributed by atoms with Crippen LogP contribution in [0.4, 0.5) is 25.8 Å². The van der Waals surface area contributed by atoms with Gasteiger partial charge in [-0.05, 0) is 36.9 Å². The number of fused-ring (bicyclic) bond motifs is 1. The molecule has 2 atom stereocenters. The number of anilines is 3. The molecule has 5 rings (SSSR count). The number of hydrogen-bond donors (Lipinski definition) is 3. The second-order valence-electron chi connectivity index (χ2n) is 9.45. The molecule has 0 radical (unpaired) electrons. The number of likely N-dealkylation sites (N-methyl/N-ethyl adjacent to an activating group) is 1. The Morgan fingerprint density at radius 3 is 2.41 bits per heavy atom. The van der Waals surface area contributed by atoms with Gasteiger partial charge in [0.2, 0.25) is 0 Å². The molecule has 3 aliphatic heterocycles. The molecular weight excluding hydrogens is 508 g/mol. The average molecular weight is 542 g/mol. The number of rotatable bonds is 8. The molecule has 0 spiro atoms. The number of aliphatic hydroxyl groups is 1. The third kappa shape index (κ3) is 5.19. The number of halogens is 2. The second-order valence-corrected chi connectivity index (χ2v) is 9.45. The molecule has 0 aromatic heterocycles. The number of allylic oxidation sites excluding steroid dienone is 1. The Bertz CT molecular complexity index is 1300. The number of nitrogen functional groups attached to an aromatic ring is 1. The maximum Gasteiger partial charge on any atom is 0.190 e. The summed E-state index contributed by atoms with van der Waals surface area (Å²) in [5, 5.41) is 14.2. The monoisotopic (exact) mass is 541 g/mol. The SMILES string of the molecule is CCN1CCN(c2ccc(NC3C=C4C=CN(C(O)c5c(F)c(OC)cc(OC)c5F)C=C4O3)c(N)c2)CC1. The van der Waals surface area contributed by atoms with E-state index in [1.54, 1.807) is 6.08 Å². The quantitative estimate of drug-likeness (QED) is 0.432. The first kappa shape index (κ1) is 26.6. The number of methoxy groups -OCH3 is 2. The molecule has 0 aliphatic carbocycles. The lowest BCUT2D eigenvalue weighted by atomic mass is 10.1. The van der Waals surface area contributed by atoms with Crippen LogP contribution in [-0.4, -0.2) is 68.1 Å². The topological polar surface area (TPSA) is 95.7 Å². The van der Waals surface area contributed by atoms with Gasteiger partial charge in [0.25, 0.3) is 0 Å². The Kier molecular flexibility index (Phi) is 7.53. The van der Waals surface area contributed by atoms with Crippen LogP contribution in [0.15, 0.2) is 60.1 Å². The van der Waals surface area contributed by atoms with E-state index in [9.17, 15) is 13.9 Å². The van der Waals surface area contributed by atoms with Crippen molar-refractivity contribution in [3.05, 3.63) is 77.3 Å². The van der Waals surface area contributed by atoms with Crippen molar-refractivity contribution in [3.63, 3.8) is 0 Å². The summed E-state index contributed by atoms with van der Waals surface area (Å²) in [6.07, 6.45) is 4.31. The van der Waals surface area contributed by atoms with Crippen molar-refractivity contribution < 1.29 is 28.1 Å². The van der Waals surface area contributed by atoms with Crippen LogP contribution in [0, 0.1) is 11.6 Å². The van der Waals surface area contributed by atoms with Crippen LogP contribution in [0.1, 0.15) is 18.7 Å². The molecule has 3 heterocycles. The fourth-order valence-corrected chi connectivity index (χ4v) is 4.93. The van der Waals surface area contributed by atoms with E-state index in [-0.39, 0.29) is 11.5 Å². The minimum Gasteiger partial charge on any atom is -0.494 e. The smallest absolute Gasteiger partial charge is 0.190 e. The predicted octanol–water partition coefficient (Wildman–Crippen LogP) is 3.76. The van der Waals surface area contributed by atoms with Gasteiger partial charge in [-0.2, -0.15) is 0 Å². The zero-order valence-corrected chi connectivity index (χ0v) is 22.2. The van der Waals surface area contributed by atoms with Gasteiger partial charge in [-0.15, -0.1) is 0 Å². The van der Waals surface area contributed by atoms with Crippen LogP contribution in [0.2, 0.25) is 0 Å². The number of aliphatic hydroxyl groups excluding tert-OH is 1. The number of benzene rings is 2. The highest BCUT2D eigenvalue weighted by Crippen LogP contribution is 2.38. The summed E-state index contributed by atoms with van der Waals surface area (Å²) >= 11 is 0. The minimum atomic E-state index is -1.70. The van der Waals surface area contributed by atoms with Crippen LogP contribution >= 0.6 is 0 Å². The van der Waals surface area contributed by atoms with E-state index in [1.807, 2.05) is 24.3 Å². The largest absolute Gasteiger partial charge is 0.494 e. The van der Waals surface area contributed by atoms with Crippen LogP contribution in [0.5, 0.6) is 11.5 Å². The lowest BCUT2D eigenvalue weighted by Gasteiger charge is -2.35. The molecule has 0 saturated carbocycles. The van der Waals surface area contributed by atoms with Crippen LogP contribution in [0.3, 0.4) is 0 Å². The van der Waals surface area contributed by atoms with Crippen molar-refractivity contribution in [2.24, 2.45) is 0 Å². The van der Waals surface area contributed by atoms with Gasteiger partial charge in [0, 0.05) is 55.9 Å². The summed E-state index contributed by atoms with van der Waals surface area (Å²) in [5.74, 6) is -2.10. The highest BCUT2D eigenvalue weighted by atomic mass is 19.1. The molecule has 0 amide bonds. The number of piperazine rings is 1. The number of hydrogen-bond acceptors (Lipinski definition) is 9. The number of ether oxygens (including phenoxy) is 3. The van der Waals surface area contributed by atoms with E-state index in [4.69, 9.17) is 19.9 Å². The van der Waals surface area contributed by atoms with Crippen molar-refractivity contribution in [2.45, 2.75) is 19.4 Å². The summed E-state index contributed by atoms with van der Waals surface area (Å²) < 4.78 is 45.8. The highest BCUT2D eigenvalue weighted by molar-refractivity contribution is 5.72. The Balaban J connectivity index is 1.28. The lowest BCUT2D eigenvalue weighted by molar-refractivity contribution is 0.0549. The normalized spacial score (nSPS) is 19.7. The van der Waals surface area contributed by atoms with Crippen LogP contribution in [0.25, 0.3) is 0 Å². The van der Waals surface area contributed by atoms with Crippen LogP contribution < -0.4 is 25.4 Å². The van der Waals surface area contributed by atoms with Crippen LogP contribution in [-0.2, 0) is 4.74 Å². The Labute approximate surface area is 226 Å². The van der Waals surface area contributed by atoms with Gasteiger partial charge in [0.15, 0.2) is 35.6 Å². The summed E-state index contributed by atoms with van der Waals surface area (Å²) in [5.41, 5.74) is 8.93. The lowest BCUT2D eigenvalue weighted by Crippen LogP contribution is -2.46. The van der Waals surface area contributed by atoms with E-state index in [0.29, 0.717) is 11.4 Å². The van der Waals surface area contributed by atoms with E-state index < -0.39 is 29.7 Å². The third-order valence-electron chi connectivity index (χ3n) is 7.23. The Morgan fingerprint density at radius 2 is 1.79 bits per heavy atom. The maximum atomic E-state index is 14.9. The average Bonchev–Trinajstić information content (AvgIpc) is 3.36. The molecule has 0 bridgehead atoms. The van der Waals surface area contributed by atoms with Gasteiger partial charge in [0.05, 0.1) is 31.2 Å². The molecule has 4 N–H and O–H groups in total. The first-order chi connectivity index (χ1) is 18.8. The third-order valence-corrected chi connectivity index (χ3v) is 7.23. The summed E-state index contributed by atoms with van der Waals surface area (Å²) in [6, 6.07) is 7.02. The number of nitrogens with two attached hydrogens (primary N) is 1. The van der Waals surface area contributed by atoms with E-state index >= 15 is 0 Å². The van der Waals surface area contributed by atoms with Gasteiger partial charge in [0.1, 0.15) is 5.76 Å². The van der Waals surface area contributed by atoms with Crippen molar-refractivity contribution in [1.82, 2.24) is 9.80 Å².